The lowest BCUT2D eigenvalue weighted by atomic mass is 9.80. The highest BCUT2D eigenvalue weighted by atomic mass is 16.5. The van der Waals surface area contributed by atoms with Crippen molar-refractivity contribution >= 4 is 0 Å². The van der Waals surface area contributed by atoms with Gasteiger partial charge in [-0.3, -0.25) is 4.90 Å². The van der Waals surface area contributed by atoms with Gasteiger partial charge in [-0.15, -0.1) is 0 Å². The smallest absolute Gasteiger partial charge is 0.0826 e. The summed E-state index contributed by atoms with van der Waals surface area (Å²) in [5.74, 6) is 0. The standard InChI is InChI=1S/C13H26N2O2/c1-3-15-7-8-17-12(10-15)9-14-11-13(16-2)5-4-6-13/h12,14H,3-11H2,1-2H3. The maximum atomic E-state index is 5.77. The Kier molecular flexibility index (Phi) is 4.79. The minimum atomic E-state index is 0.124. The van der Waals surface area contributed by atoms with Crippen molar-refractivity contribution in [3.8, 4) is 0 Å². The highest BCUT2D eigenvalue weighted by Gasteiger charge is 2.36. The van der Waals surface area contributed by atoms with Gasteiger partial charge in [0.2, 0.25) is 0 Å². The van der Waals surface area contributed by atoms with Crippen LogP contribution in [0.15, 0.2) is 0 Å². The van der Waals surface area contributed by atoms with E-state index in [1.54, 1.807) is 0 Å². The minimum absolute atomic E-state index is 0.124. The van der Waals surface area contributed by atoms with Crippen LogP contribution in [0.4, 0.5) is 0 Å². The van der Waals surface area contributed by atoms with Gasteiger partial charge in [0.25, 0.3) is 0 Å². The maximum absolute atomic E-state index is 5.77. The largest absolute Gasteiger partial charge is 0.377 e. The topological polar surface area (TPSA) is 33.7 Å². The van der Waals surface area contributed by atoms with E-state index < -0.39 is 0 Å². The van der Waals surface area contributed by atoms with E-state index in [1.807, 2.05) is 7.11 Å². The first-order valence-electron chi connectivity index (χ1n) is 6.88. The molecule has 1 unspecified atom stereocenters. The first-order valence-corrected chi connectivity index (χ1v) is 6.88. The Balaban J connectivity index is 1.64. The Hall–Kier alpha value is -0.160. The van der Waals surface area contributed by atoms with Crippen LogP contribution in [0.25, 0.3) is 0 Å². The van der Waals surface area contributed by atoms with Gasteiger partial charge >= 0.3 is 0 Å². The van der Waals surface area contributed by atoms with Gasteiger partial charge in [-0.25, -0.2) is 0 Å². The zero-order valence-electron chi connectivity index (χ0n) is 11.2. The van der Waals surface area contributed by atoms with Crippen molar-refractivity contribution < 1.29 is 9.47 Å². The lowest BCUT2D eigenvalue weighted by molar-refractivity contribution is -0.0741. The zero-order chi connectivity index (χ0) is 12.1. The molecule has 0 aromatic heterocycles. The zero-order valence-corrected chi connectivity index (χ0v) is 11.2. The molecule has 2 fully saturated rings. The number of hydrogen-bond acceptors (Lipinski definition) is 4. The predicted molar refractivity (Wildman–Crippen MR) is 68.3 cm³/mol. The molecule has 1 aliphatic heterocycles. The summed E-state index contributed by atoms with van der Waals surface area (Å²) in [5.41, 5.74) is 0.124. The van der Waals surface area contributed by atoms with E-state index in [-0.39, 0.29) is 5.60 Å². The predicted octanol–water partition coefficient (Wildman–Crippen LogP) is 0.866. The Bertz CT molecular complexity index is 226. The molecule has 100 valence electrons. The number of nitrogens with one attached hydrogen (secondary N) is 1. The molecular weight excluding hydrogens is 216 g/mol. The van der Waals surface area contributed by atoms with Crippen LogP contribution in [-0.2, 0) is 9.47 Å². The third kappa shape index (κ3) is 3.41. The van der Waals surface area contributed by atoms with Gasteiger partial charge in [0.05, 0.1) is 18.3 Å². The molecule has 1 saturated heterocycles. The van der Waals surface area contributed by atoms with Crippen molar-refractivity contribution in [1.82, 2.24) is 10.2 Å². The summed E-state index contributed by atoms with van der Waals surface area (Å²) in [6, 6.07) is 0. The average Bonchev–Trinajstić information content (AvgIpc) is 2.33. The van der Waals surface area contributed by atoms with Crippen LogP contribution < -0.4 is 5.32 Å². The van der Waals surface area contributed by atoms with Crippen LogP contribution in [-0.4, -0.2) is 63.0 Å². The van der Waals surface area contributed by atoms with Crippen molar-refractivity contribution in [3.63, 3.8) is 0 Å². The molecule has 0 radical (unpaired) electrons. The summed E-state index contributed by atoms with van der Waals surface area (Å²) in [5, 5.41) is 3.52. The second-order valence-corrected chi connectivity index (χ2v) is 5.26. The summed E-state index contributed by atoms with van der Waals surface area (Å²) in [6.45, 7) is 8.26. The lowest BCUT2D eigenvalue weighted by Gasteiger charge is -2.41. The molecule has 0 amide bonds. The summed E-state index contributed by atoms with van der Waals surface area (Å²) < 4.78 is 11.4. The number of methoxy groups -OCH3 is 1. The number of rotatable bonds is 6. The fourth-order valence-corrected chi connectivity index (χ4v) is 2.68. The molecule has 1 atom stereocenters. The third-order valence-electron chi connectivity index (χ3n) is 4.19. The van der Waals surface area contributed by atoms with Crippen LogP contribution in [0.1, 0.15) is 26.2 Å². The van der Waals surface area contributed by atoms with Crippen molar-refractivity contribution in [2.24, 2.45) is 0 Å². The molecule has 0 bridgehead atoms. The average molecular weight is 242 g/mol. The number of nitrogens with zero attached hydrogens (tertiary/aromatic N) is 1. The number of likely N-dealkylation sites (N-methyl/N-ethyl adjacent to an activating group) is 1. The first kappa shape index (κ1) is 13.3. The van der Waals surface area contributed by atoms with Crippen LogP contribution in [0.5, 0.6) is 0 Å². The second-order valence-electron chi connectivity index (χ2n) is 5.26. The van der Waals surface area contributed by atoms with Gasteiger partial charge < -0.3 is 14.8 Å². The molecule has 2 rings (SSSR count). The van der Waals surface area contributed by atoms with E-state index in [9.17, 15) is 0 Å². The van der Waals surface area contributed by atoms with Gasteiger partial charge in [0.15, 0.2) is 0 Å². The fourth-order valence-electron chi connectivity index (χ4n) is 2.68. The van der Waals surface area contributed by atoms with Crippen LogP contribution in [0, 0.1) is 0 Å². The van der Waals surface area contributed by atoms with Gasteiger partial charge in [-0.05, 0) is 25.8 Å². The molecule has 1 heterocycles. The van der Waals surface area contributed by atoms with Crippen molar-refractivity contribution in [3.05, 3.63) is 0 Å². The molecule has 4 nitrogen and oxygen atoms in total. The van der Waals surface area contributed by atoms with E-state index in [0.717, 1.165) is 39.3 Å². The molecule has 2 aliphatic rings. The molecule has 0 aromatic carbocycles. The molecule has 0 aromatic rings. The molecule has 0 spiro atoms. The van der Waals surface area contributed by atoms with Crippen molar-refractivity contribution in [1.29, 1.82) is 0 Å². The summed E-state index contributed by atoms with van der Waals surface area (Å²) in [4.78, 5) is 2.45. The number of ether oxygens (including phenoxy) is 2. The molecule has 1 saturated carbocycles. The highest BCUT2D eigenvalue weighted by Crippen LogP contribution is 2.34. The van der Waals surface area contributed by atoms with E-state index in [4.69, 9.17) is 9.47 Å². The monoisotopic (exact) mass is 242 g/mol. The Morgan fingerprint density at radius 2 is 2.29 bits per heavy atom. The van der Waals surface area contributed by atoms with Gasteiger partial charge in [-0.1, -0.05) is 6.92 Å². The molecule has 4 heteroatoms. The van der Waals surface area contributed by atoms with Crippen LogP contribution >= 0.6 is 0 Å². The Labute approximate surface area is 105 Å². The summed E-state index contributed by atoms with van der Waals surface area (Å²) in [7, 11) is 1.83. The van der Waals surface area contributed by atoms with Crippen molar-refractivity contribution in [2.45, 2.75) is 37.9 Å². The fraction of sp³-hybridized carbons (Fsp3) is 1.00. The molecule has 1 N–H and O–H groups in total. The van der Waals surface area contributed by atoms with E-state index in [2.05, 4.69) is 17.1 Å². The Morgan fingerprint density at radius 1 is 1.47 bits per heavy atom. The SMILES string of the molecule is CCN1CCOC(CNCC2(OC)CCC2)C1. The highest BCUT2D eigenvalue weighted by molar-refractivity contribution is 4.91. The third-order valence-corrected chi connectivity index (χ3v) is 4.19. The second kappa shape index (κ2) is 6.14. The van der Waals surface area contributed by atoms with Gasteiger partial charge in [0.1, 0.15) is 0 Å². The lowest BCUT2D eigenvalue weighted by Crippen LogP contribution is -2.52. The number of morpholine rings is 1. The van der Waals surface area contributed by atoms with Crippen LogP contribution in [0.3, 0.4) is 0 Å². The minimum Gasteiger partial charge on any atom is -0.377 e. The van der Waals surface area contributed by atoms with E-state index in [1.165, 1.54) is 19.3 Å². The molecular formula is C13H26N2O2. The normalized spacial score (nSPS) is 28.9. The maximum Gasteiger partial charge on any atom is 0.0826 e. The Morgan fingerprint density at radius 3 is 2.88 bits per heavy atom. The number of hydrogen-bond donors (Lipinski definition) is 1. The quantitative estimate of drug-likeness (QED) is 0.749. The summed E-state index contributed by atoms with van der Waals surface area (Å²) in [6.07, 6.45) is 4.04. The van der Waals surface area contributed by atoms with E-state index in [0.29, 0.717) is 6.10 Å². The van der Waals surface area contributed by atoms with Gasteiger partial charge in [0, 0.05) is 33.3 Å². The molecule has 1 aliphatic carbocycles. The molecule has 17 heavy (non-hydrogen) atoms. The van der Waals surface area contributed by atoms with Crippen LogP contribution in [0.2, 0.25) is 0 Å². The van der Waals surface area contributed by atoms with E-state index >= 15 is 0 Å². The first-order chi connectivity index (χ1) is 8.28. The summed E-state index contributed by atoms with van der Waals surface area (Å²) >= 11 is 0. The van der Waals surface area contributed by atoms with Gasteiger partial charge in [-0.2, -0.15) is 0 Å². The van der Waals surface area contributed by atoms with Crippen molar-refractivity contribution in [2.75, 3.05) is 46.4 Å².